The van der Waals surface area contributed by atoms with Crippen LogP contribution in [0.3, 0.4) is 0 Å². The average molecular weight is 381 g/mol. The van der Waals surface area contributed by atoms with E-state index in [1.807, 2.05) is 6.07 Å². The maximum Gasteiger partial charge on any atom is 0.338 e. The van der Waals surface area contributed by atoms with Crippen LogP contribution in [-0.4, -0.2) is 25.2 Å². The number of anilines is 1. The second-order valence-corrected chi connectivity index (χ2v) is 6.00. The number of halogens is 2. The molecule has 0 atom stereocenters. The average Bonchev–Trinajstić information content (AvgIpc) is 2.58. The summed E-state index contributed by atoms with van der Waals surface area (Å²) in [7, 11) is 0. The second kappa shape index (κ2) is 9.30. The number of nitrogens with one attached hydrogen (secondary N) is 2. The predicted octanol–water partition coefficient (Wildman–Crippen LogP) is 4.53. The van der Waals surface area contributed by atoms with Crippen molar-refractivity contribution < 1.29 is 14.3 Å². The molecule has 2 rings (SSSR count). The Morgan fingerprint density at radius 3 is 2.60 bits per heavy atom. The molecule has 0 saturated carbocycles. The molecule has 2 aromatic rings. The van der Waals surface area contributed by atoms with Crippen LogP contribution in [0, 0.1) is 0 Å². The molecule has 0 spiro atoms. The fraction of sp³-hybridized carbons (Fsp3) is 0.222. The summed E-state index contributed by atoms with van der Waals surface area (Å²) < 4.78 is 4.93. The molecule has 0 aliphatic rings. The van der Waals surface area contributed by atoms with E-state index in [0.717, 1.165) is 5.56 Å². The van der Waals surface area contributed by atoms with Gasteiger partial charge in [0, 0.05) is 12.2 Å². The van der Waals surface area contributed by atoms with E-state index in [0.29, 0.717) is 40.9 Å². The largest absolute Gasteiger partial charge is 0.462 e. The Kier molecular flexibility index (Phi) is 7.10. The van der Waals surface area contributed by atoms with Gasteiger partial charge in [-0.2, -0.15) is 0 Å². The summed E-state index contributed by atoms with van der Waals surface area (Å²) in [6.07, 6.45) is 0.618. The van der Waals surface area contributed by atoms with Crippen molar-refractivity contribution in [1.82, 2.24) is 5.32 Å². The highest BCUT2D eigenvalue weighted by molar-refractivity contribution is 6.42. The number of ether oxygens (including phenoxy) is 1. The summed E-state index contributed by atoms with van der Waals surface area (Å²) in [5.74, 6) is -0.425. The van der Waals surface area contributed by atoms with Crippen molar-refractivity contribution >= 4 is 40.9 Å². The summed E-state index contributed by atoms with van der Waals surface area (Å²) in [6, 6.07) is 11.6. The lowest BCUT2D eigenvalue weighted by Gasteiger charge is -2.09. The molecule has 0 unspecified atom stereocenters. The van der Waals surface area contributed by atoms with Crippen molar-refractivity contribution in [3.63, 3.8) is 0 Å². The Hall–Kier alpha value is -2.24. The third-order valence-corrected chi connectivity index (χ3v) is 4.05. The number of benzene rings is 2. The van der Waals surface area contributed by atoms with Crippen molar-refractivity contribution in [3.8, 4) is 0 Å². The zero-order valence-corrected chi connectivity index (χ0v) is 15.2. The van der Waals surface area contributed by atoms with Gasteiger partial charge in [0.25, 0.3) is 0 Å². The van der Waals surface area contributed by atoms with Crippen molar-refractivity contribution in [2.24, 2.45) is 0 Å². The molecule has 25 heavy (non-hydrogen) atoms. The van der Waals surface area contributed by atoms with Gasteiger partial charge in [0.05, 0.1) is 22.2 Å². The van der Waals surface area contributed by atoms with E-state index in [-0.39, 0.29) is 6.03 Å². The fourth-order valence-corrected chi connectivity index (χ4v) is 2.45. The Labute approximate surface area is 156 Å². The Bertz CT molecular complexity index is 766. The van der Waals surface area contributed by atoms with Crippen LogP contribution in [0.15, 0.2) is 42.5 Å². The normalized spacial score (nSPS) is 10.2. The third-order valence-electron chi connectivity index (χ3n) is 3.31. The molecule has 2 N–H and O–H groups in total. The monoisotopic (exact) mass is 380 g/mol. The SMILES string of the molecule is CCOC(=O)c1cccc(NC(=O)NCCc2ccc(Cl)c(Cl)c2)c1. The molecule has 5 nitrogen and oxygen atoms in total. The molecule has 0 heterocycles. The van der Waals surface area contributed by atoms with Gasteiger partial charge in [-0.15, -0.1) is 0 Å². The van der Waals surface area contributed by atoms with Crippen molar-refractivity contribution in [2.75, 3.05) is 18.5 Å². The maximum atomic E-state index is 11.9. The van der Waals surface area contributed by atoms with Crippen LogP contribution in [0.5, 0.6) is 0 Å². The van der Waals surface area contributed by atoms with E-state index in [1.165, 1.54) is 0 Å². The summed E-state index contributed by atoms with van der Waals surface area (Å²) >= 11 is 11.8. The molecule has 0 aliphatic carbocycles. The molecular weight excluding hydrogens is 363 g/mol. The van der Waals surface area contributed by atoms with Crippen LogP contribution in [0.4, 0.5) is 10.5 Å². The molecule has 132 valence electrons. The number of esters is 1. The number of rotatable bonds is 6. The van der Waals surface area contributed by atoms with E-state index in [2.05, 4.69) is 10.6 Å². The van der Waals surface area contributed by atoms with Crippen molar-refractivity contribution in [1.29, 1.82) is 0 Å². The predicted molar refractivity (Wildman–Crippen MR) is 99.6 cm³/mol. The number of carbonyl (C=O) groups excluding carboxylic acids is 2. The van der Waals surface area contributed by atoms with E-state index in [1.54, 1.807) is 43.3 Å². The number of amides is 2. The molecule has 0 bridgehead atoms. The highest BCUT2D eigenvalue weighted by Gasteiger charge is 2.08. The fourth-order valence-electron chi connectivity index (χ4n) is 2.13. The van der Waals surface area contributed by atoms with Crippen LogP contribution >= 0.6 is 23.2 Å². The molecule has 0 radical (unpaired) electrons. The minimum Gasteiger partial charge on any atom is -0.462 e. The van der Waals surface area contributed by atoms with E-state index in [9.17, 15) is 9.59 Å². The van der Waals surface area contributed by atoms with E-state index >= 15 is 0 Å². The molecular formula is C18H18Cl2N2O3. The molecule has 0 saturated heterocycles. The van der Waals surface area contributed by atoms with Gasteiger partial charge in [-0.3, -0.25) is 0 Å². The topological polar surface area (TPSA) is 67.4 Å². The molecule has 2 aromatic carbocycles. The smallest absolute Gasteiger partial charge is 0.338 e. The van der Waals surface area contributed by atoms with Crippen LogP contribution in [0.25, 0.3) is 0 Å². The Morgan fingerprint density at radius 1 is 1.08 bits per heavy atom. The first-order valence-corrected chi connectivity index (χ1v) is 8.51. The van der Waals surface area contributed by atoms with Crippen molar-refractivity contribution in [3.05, 3.63) is 63.6 Å². The maximum absolute atomic E-state index is 11.9. The van der Waals surface area contributed by atoms with Crippen LogP contribution in [0.2, 0.25) is 10.0 Å². The van der Waals surface area contributed by atoms with Gasteiger partial charge in [0.1, 0.15) is 0 Å². The van der Waals surface area contributed by atoms with Crippen LogP contribution < -0.4 is 10.6 Å². The first-order valence-electron chi connectivity index (χ1n) is 7.75. The molecule has 0 aliphatic heterocycles. The number of hydrogen-bond donors (Lipinski definition) is 2. The van der Waals surface area contributed by atoms with E-state index < -0.39 is 5.97 Å². The highest BCUT2D eigenvalue weighted by atomic mass is 35.5. The van der Waals surface area contributed by atoms with Gasteiger partial charge in [0.2, 0.25) is 0 Å². The zero-order valence-electron chi connectivity index (χ0n) is 13.6. The van der Waals surface area contributed by atoms with Gasteiger partial charge in [-0.1, -0.05) is 35.3 Å². The lowest BCUT2D eigenvalue weighted by Crippen LogP contribution is -2.30. The quantitative estimate of drug-likeness (QED) is 0.723. The zero-order chi connectivity index (χ0) is 18.2. The van der Waals surface area contributed by atoms with E-state index in [4.69, 9.17) is 27.9 Å². The van der Waals surface area contributed by atoms with Crippen LogP contribution in [0.1, 0.15) is 22.8 Å². The van der Waals surface area contributed by atoms with Gasteiger partial charge < -0.3 is 15.4 Å². The first kappa shape index (κ1) is 19.1. The number of urea groups is 1. The first-order chi connectivity index (χ1) is 12.0. The summed E-state index contributed by atoms with van der Waals surface area (Å²) in [5, 5.41) is 6.41. The Morgan fingerprint density at radius 2 is 1.88 bits per heavy atom. The molecule has 7 heteroatoms. The second-order valence-electron chi connectivity index (χ2n) is 5.18. The highest BCUT2D eigenvalue weighted by Crippen LogP contribution is 2.22. The minimum atomic E-state index is -0.425. The van der Waals surface area contributed by atoms with Crippen molar-refractivity contribution in [2.45, 2.75) is 13.3 Å². The molecule has 0 fully saturated rings. The van der Waals surface area contributed by atoms with Gasteiger partial charge >= 0.3 is 12.0 Å². The minimum absolute atomic E-state index is 0.297. The summed E-state index contributed by atoms with van der Waals surface area (Å²) in [5.41, 5.74) is 1.87. The summed E-state index contributed by atoms with van der Waals surface area (Å²) in [6.45, 7) is 2.47. The standard InChI is InChI=1S/C18H18Cl2N2O3/c1-2-25-17(23)13-4-3-5-14(11-13)22-18(24)21-9-8-12-6-7-15(19)16(20)10-12/h3-7,10-11H,2,8-9H2,1H3,(H2,21,22,24). The number of hydrogen-bond acceptors (Lipinski definition) is 3. The lowest BCUT2D eigenvalue weighted by atomic mass is 10.1. The lowest BCUT2D eigenvalue weighted by molar-refractivity contribution is 0.0526. The number of carbonyl (C=O) groups is 2. The van der Waals surface area contributed by atoms with Crippen LogP contribution in [-0.2, 0) is 11.2 Å². The van der Waals surface area contributed by atoms with Gasteiger partial charge in [0.15, 0.2) is 0 Å². The molecule has 0 aromatic heterocycles. The summed E-state index contributed by atoms with van der Waals surface area (Å²) in [4.78, 5) is 23.6. The molecule has 2 amide bonds. The van der Waals surface area contributed by atoms with Gasteiger partial charge in [-0.05, 0) is 49.2 Å². The third kappa shape index (κ3) is 5.96. The van der Waals surface area contributed by atoms with Gasteiger partial charge in [-0.25, -0.2) is 9.59 Å². The Balaban J connectivity index is 1.84.